The molecule has 46 heavy (non-hydrogen) atoms. The first-order chi connectivity index (χ1) is 21.9. The summed E-state index contributed by atoms with van der Waals surface area (Å²) >= 11 is 11.7. The van der Waals surface area contributed by atoms with Crippen LogP contribution in [0.25, 0.3) is 0 Å². The summed E-state index contributed by atoms with van der Waals surface area (Å²) < 4.78 is 4.39. The van der Waals surface area contributed by atoms with E-state index >= 15 is 0 Å². The molecule has 0 radical (unpaired) electrons. The summed E-state index contributed by atoms with van der Waals surface area (Å²) in [5.74, 6) is -0.422. The number of nitrogens with one attached hydrogen (secondary N) is 2. The van der Waals surface area contributed by atoms with E-state index in [0.717, 1.165) is 37.1 Å². The monoisotopic (exact) mass is 682 g/mol. The Labute approximate surface area is 275 Å². The van der Waals surface area contributed by atoms with Crippen LogP contribution in [0.1, 0.15) is 25.7 Å². The highest BCUT2D eigenvalue weighted by Crippen LogP contribution is 2.18. The van der Waals surface area contributed by atoms with Gasteiger partial charge in [-0.1, -0.05) is 36.0 Å². The maximum atomic E-state index is 10.6. The number of nitrogens with zero attached hydrogens (tertiary/aromatic N) is 4. The van der Waals surface area contributed by atoms with Crippen molar-refractivity contribution in [1.29, 1.82) is 0 Å². The first kappa shape index (κ1) is 38.0. The van der Waals surface area contributed by atoms with Crippen LogP contribution in [-0.2, 0) is 9.53 Å². The van der Waals surface area contributed by atoms with Crippen molar-refractivity contribution < 1.29 is 30.0 Å². The second-order valence-electron chi connectivity index (χ2n) is 9.74. The molecule has 1 saturated heterocycles. The van der Waals surface area contributed by atoms with Crippen molar-refractivity contribution in [3.8, 4) is 0 Å². The van der Waals surface area contributed by atoms with Crippen LogP contribution in [-0.4, -0.2) is 94.3 Å². The van der Waals surface area contributed by atoms with Crippen LogP contribution >= 0.6 is 23.2 Å². The molecule has 1 fully saturated rings. The molecule has 2 aromatic rings. The zero-order valence-corrected chi connectivity index (χ0v) is 26.3. The third kappa shape index (κ3) is 14.3. The maximum Gasteiger partial charge on any atom is 0.338 e. The van der Waals surface area contributed by atoms with E-state index in [9.17, 15) is 4.79 Å². The fourth-order valence-corrected chi connectivity index (χ4v) is 3.95. The number of aliphatic hydroxyl groups is 4. The molecule has 0 bridgehead atoms. The van der Waals surface area contributed by atoms with Gasteiger partial charge in [0.1, 0.15) is 12.2 Å². The molecule has 3 rings (SSSR count). The highest BCUT2D eigenvalue weighted by atomic mass is 35.5. The molecule has 1 aliphatic rings. The van der Waals surface area contributed by atoms with Gasteiger partial charge in [0, 0.05) is 34.5 Å². The summed E-state index contributed by atoms with van der Waals surface area (Å²) in [4.78, 5) is 27.1. The fourth-order valence-electron chi connectivity index (χ4n) is 3.70. The van der Waals surface area contributed by atoms with Gasteiger partial charge in [-0.2, -0.15) is 9.98 Å². The summed E-state index contributed by atoms with van der Waals surface area (Å²) in [6, 6.07) is 14.1. The molecule has 0 amide bonds. The molecular weight excluding hydrogens is 643 g/mol. The second-order valence-corrected chi connectivity index (χ2v) is 10.6. The normalized spacial score (nSPS) is 19.6. The number of benzene rings is 2. The van der Waals surface area contributed by atoms with Crippen LogP contribution in [0, 0.1) is 0 Å². The average Bonchev–Trinajstić information content (AvgIpc) is 3.27. The molecule has 14 N–H and O–H groups in total. The minimum atomic E-state index is -1.63. The summed E-state index contributed by atoms with van der Waals surface area (Å²) in [5.41, 5.74) is 24.8. The first-order valence-electron chi connectivity index (χ1n) is 14.1. The smallest absolute Gasteiger partial charge is 0.338 e. The molecule has 252 valence electrons. The van der Waals surface area contributed by atoms with Gasteiger partial charge in [0.25, 0.3) is 0 Å². The minimum absolute atomic E-state index is 0.124. The highest BCUT2D eigenvalue weighted by Gasteiger charge is 2.45. The van der Waals surface area contributed by atoms with Crippen molar-refractivity contribution in [2.45, 2.75) is 50.1 Å². The summed E-state index contributed by atoms with van der Waals surface area (Å²) in [6.45, 7) is 0.486. The van der Waals surface area contributed by atoms with Crippen LogP contribution in [0.5, 0.6) is 0 Å². The Morgan fingerprint density at radius 3 is 1.54 bits per heavy atom. The van der Waals surface area contributed by atoms with E-state index in [-0.39, 0.29) is 23.8 Å². The molecule has 0 spiro atoms. The Bertz CT molecular complexity index is 1280. The number of aliphatic hydroxyl groups excluding tert-OH is 4. The van der Waals surface area contributed by atoms with E-state index in [1.807, 2.05) is 0 Å². The third-order valence-corrected chi connectivity index (χ3v) is 6.54. The molecule has 0 unspecified atom stereocenters. The molecule has 1 aliphatic heterocycles. The molecular formula is C28H40Cl2N10O6. The number of ether oxygens (including phenoxy) is 1. The Balaban J connectivity index is 0.000000512. The average molecular weight is 684 g/mol. The van der Waals surface area contributed by atoms with Gasteiger partial charge in [-0.05, 0) is 61.4 Å². The molecule has 2 aromatic carbocycles. The van der Waals surface area contributed by atoms with E-state index < -0.39 is 37.0 Å². The van der Waals surface area contributed by atoms with E-state index in [1.54, 1.807) is 48.5 Å². The van der Waals surface area contributed by atoms with E-state index in [1.165, 1.54) is 0 Å². The SMILES string of the molecule is NC(=NCCCCCCN=C(N)/N=C(\N)Nc1ccc(Cl)cc1)/N=C(\N)Nc1ccc(Cl)cc1.O=C1O[C@@H]([C@@H](O)CO)[C@@H](O)[C@H]1O. The van der Waals surface area contributed by atoms with Gasteiger partial charge < -0.3 is 58.7 Å². The number of halogens is 2. The molecule has 0 aromatic heterocycles. The van der Waals surface area contributed by atoms with Crippen molar-refractivity contribution >= 4 is 64.4 Å². The molecule has 1 heterocycles. The van der Waals surface area contributed by atoms with Crippen molar-refractivity contribution in [2.75, 3.05) is 30.3 Å². The summed E-state index contributed by atoms with van der Waals surface area (Å²) in [6.07, 6.45) is -2.02. The standard InChI is InChI=1S/C22H30Cl2N10.C6H10O6/c23-15-5-9-17(10-6-15)31-21(27)33-19(25)29-13-3-1-2-4-14-30-20(26)34-22(28)32-18-11-7-16(24)8-12-18;7-1-2(8)5-3(9)4(10)6(11)12-5/h5-12H,1-4,13-14H2,(H5,25,27,29,31,33)(H5,26,28,30,32,34);2-5,7-10H,1H2/t;2-,3-,4+,5-/m.0/s1. The van der Waals surface area contributed by atoms with Gasteiger partial charge in [-0.3, -0.25) is 9.98 Å². The highest BCUT2D eigenvalue weighted by molar-refractivity contribution is 6.31. The number of rotatable bonds is 11. The van der Waals surface area contributed by atoms with Gasteiger partial charge >= 0.3 is 5.97 Å². The topological polar surface area (TPSA) is 285 Å². The zero-order valence-electron chi connectivity index (χ0n) is 24.8. The van der Waals surface area contributed by atoms with Crippen LogP contribution in [0.2, 0.25) is 10.0 Å². The van der Waals surface area contributed by atoms with Crippen molar-refractivity contribution in [1.82, 2.24) is 0 Å². The van der Waals surface area contributed by atoms with Gasteiger partial charge in [0.2, 0.25) is 23.8 Å². The predicted molar refractivity (Wildman–Crippen MR) is 180 cm³/mol. The number of hydrogen-bond acceptors (Lipinski definition) is 8. The zero-order chi connectivity index (χ0) is 34.1. The molecule has 0 saturated carbocycles. The number of aliphatic imine (C=N–C) groups is 4. The largest absolute Gasteiger partial charge is 0.455 e. The van der Waals surface area contributed by atoms with Crippen LogP contribution in [0.15, 0.2) is 68.5 Å². The Hall–Kier alpha value is -4.19. The lowest BCUT2D eigenvalue weighted by Crippen LogP contribution is -2.40. The number of hydrogen-bond donors (Lipinski definition) is 10. The predicted octanol–water partition coefficient (Wildman–Crippen LogP) is 0.323. The second kappa shape index (κ2) is 20.0. The van der Waals surface area contributed by atoms with Crippen LogP contribution in [0.4, 0.5) is 11.4 Å². The van der Waals surface area contributed by atoms with Crippen molar-refractivity contribution in [3.05, 3.63) is 58.6 Å². The van der Waals surface area contributed by atoms with E-state index in [4.69, 9.17) is 66.6 Å². The van der Waals surface area contributed by atoms with E-state index in [2.05, 4.69) is 35.3 Å². The lowest BCUT2D eigenvalue weighted by atomic mass is 10.1. The van der Waals surface area contributed by atoms with Crippen LogP contribution < -0.4 is 33.6 Å². The van der Waals surface area contributed by atoms with E-state index in [0.29, 0.717) is 23.1 Å². The van der Waals surface area contributed by atoms with Crippen molar-refractivity contribution in [2.24, 2.45) is 42.9 Å². The Morgan fingerprint density at radius 1 is 0.783 bits per heavy atom. The number of carbonyl (C=O) groups excluding carboxylic acids is 1. The first-order valence-corrected chi connectivity index (χ1v) is 14.8. The number of nitrogens with two attached hydrogens (primary N) is 4. The third-order valence-electron chi connectivity index (χ3n) is 6.04. The summed E-state index contributed by atoms with van der Waals surface area (Å²) in [7, 11) is 0. The van der Waals surface area contributed by atoms with Crippen molar-refractivity contribution in [3.63, 3.8) is 0 Å². The number of guanidine groups is 4. The van der Waals surface area contributed by atoms with Gasteiger partial charge in [0.05, 0.1) is 6.61 Å². The lowest BCUT2D eigenvalue weighted by molar-refractivity contribution is -0.151. The van der Waals surface area contributed by atoms with Crippen LogP contribution in [0.3, 0.4) is 0 Å². The molecule has 18 heteroatoms. The Kier molecular flexibility index (Phi) is 16.6. The number of esters is 1. The minimum Gasteiger partial charge on any atom is -0.455 e. The quantitative estimate of drug-likeness (QED) is 0.0664. The Morgan fingerprint density at radius 2 is 1.20 bits per heavy atom. The number of anilines is 2. The number of cyclic esters (lactones) is 1. The van der Waals surface area contributed by atoms with Gasteiger partial charge in [-0.15, -0.1) is 0 Å². The maximum absolute atomic E-state index is 10.6. The number of unbranched alkanes of at least 4 members (excludes halogenated alkanes) is 3. The summed E-state index contributed by atoms with van der Waals surface area (Å²) in [5, 5.41) is 42.5. The lowest BCUT2D eigenvalue weighted by Gasteiger charge is -2.17. The molecule has 0 aliphatic carbocycles. The molecule has 4 atom stereocenters. The van der Waals surface area contributed by atoms with Gasteiger partial charge in [-0.25, -0.2) is 4.79 Å². The fraction of sp³-hybridized carbons (Fsp3) is 0.393. The number of carbonyl (C=O) groups is 1. The molecule has 16 nitrogen and oxygen atoms in total. The van der Waals surface area contributed by atoms with Gasteiger partial charge in [0.15, 0.2) is 12.2 Å².